The molecule has 2 aromatic carbocycles. The molecule has 0 amide bonds. The lowest BCUT2D eigenvalue weighted by atomic mass is 9.92. The Hall–Kier alpha value is -0.580. The summed E-state index contributed by atoms with van der Waals surface area (Å²) < 4.78 is 1.28. The van der Waals surface area contributed by atoms with Gasteiger partial charge in [-0.1, -0.05) is 35.9 Å². The normalized spacial score (nSPS) is 12.3. The third kappa shape index (κ3) is 5.08. The summed E-state index contributed by atoms with van der Waals surface area (Å²) in [6, 6.07) is 17.0. The van der Waals surface area contributed by atoms with Crippen molar-refractivity contribution in [1.82, 2.24) is 5.32 Å². The van der Waals surface area contributed by atoms with E-state index in [0.717, 1.165) is 24.4 Å². The van der Waals surface area contributed by atoms with Crippen molar-refractivity contribution in [2.45, 2.75) is 12.8 Å². The standard InChI is InChI=1S/C17H19ClIN/c1-20-12-15(9-13-5-7-17(19)8-6-13)10-14-3-2-4-16(18)11-14/h2-8,11,15,20H,9-10,12H2,1H3. The summed E-state index contributed by atoms with van der Waals surface area (Å²) >= 11 is 8.41. The molecule has 106 valence electrons. The Morgan fingerprint density at radius 1 is 1.05 bits per heavy atom. The van der Waals surface area contributed by atoms with Crippen LogP contribution in [0.4, 0.5) is 0 Å². The van der Waals surface area contributed by atoms with Crippen LogP contribution >= 0.6 is 34.2 Å². The highest BCUT2D eigenvalue weighted by Crippen LogP contribution is 2.18. The molecule has 0 fully saturated rings. The van der Waals surface area contributed by atoms with E-state index >= 15 is 0 Å². The lowest BCUT2D eigenvalue weighted by molar-refractivity contribution is 0.493. The molecule has 0 aliphatic carbocycles. The fraction of sp³-hybridized carbons (Fsp3) is 0.294. The number of rotatable bonds is 6. The van der Waals surface area contributed by atoms with Gasteiger partial charge in [0.25, 0.3) is 0 Å². The minimum absolute atomic E-state index is 0.582. The fourth-order valence-electron chi connectivity index (χ4n) is 2.46. The second-order valence-corrected chi connectivity index (χ2v) is 6.77. The maximum Gasteiger partial charge on any atom is 0.0408 e. The van der Waals surface area contributed by atoms with Gasteiger partial charge in [-0.2, -0.15) is 0 Å². The maximum absolute atomic E-state index is 6.07. The van der Waals surface area contributed by atoms with Gasteiger partial charge in [-0.15, -0.1) is 0 Å². The van der Waals surface area contributed by atoms with Gasteiger partial charge in [0.1, 0.15) is 0 Å². The molecule has 2 aromatic rings. The molecule has 0 bridgehead atoms. The van der Waals surface area contributed by atoms with Gasteiger partial charge >= 0.3 is 0 Å². The van der Waals surface area contributed by atoms with Gasteiger partial charge in [0.15, 0.2) is 0 Å². The van der Waals surface area contributed by atoms with E-state index < -0.39 is 0 Å². The number of nitrogens with one attached hydrogen (secondary N) is 1. The third-order valence-electron chi connectivity index (χ3n) is 3.34. The minimum atomic E-state index is 0.582. The Labute approximate surface area is 139 Å². The second kappa shape index (κ2) is 8.01. The Morgan fingerprint density at radius 3 is 2.40 bits per heavy atom. The molecular weight excluding hydrogens is 381 g/mol. The molecule has 3 heteroatoms. The lowest BCUT2D eigenvalue weighted by Gasteiger charge is -2.17. The van der Waals surface area contributed by atoms with Crippen LogP contribution in [0.2, 0.25) is 5.02 Å². The molecule has 20 heavy (non-hydrogen) atoms. The summed E-state index contributed by atoms with van der Waals surface area (Å²) in [6.45, 7) is 1.01. The molecule has 0 saturated carbocycles. The zero-order valence-electron chi connectivity index (χ0n) is 11.6. The van der Waals surface area contributed by atoms with E-state index in [1.807, 2.05) is 19.2 Å². The number of hydrogen-bond donors (Lipinski definition) is 1. The second-order valence-electron chi connectivity index (χ2n) is 5.09. The molecule has 1 unspecified atom stereocenters. The molecule has 1 atom stereocenters. The summed E-state index contributed by atoms with van der Waals surface area (Å²) in [5, 5.41) is 4.12. The predicted octanol–water partition coefficient (Wildman–Crippen LogP) is 4.57. The van der Waals surface area contributed by atoms with Gasteiger partial charge in [-0.05, 0) is 90.3 Å². The summed E-state index contributed by atoms with van der Waals surface area (Å²) in [4.78, 5) is 0. The Balaban J connectivity index is 2.05. The van der Waals surface area contributed by atoms with Gasteiger partial charge in [-0.3, -0.25) is 0 Å². The molecular formula is C17H19ClIN. The summed E-state index contributed by atoms with van der Waals surface area (Å²) in [5.74, 6) is 0.582. The van der Waals surface area contributed by atoms with Gasteiger partial charge in [-0.25, -0.2) is 0 Å². The van der Waals surface area contributed by atoms with Crippen LogP contribution in [0, 0.1) is 9.49 Å². The molecule has 0 heterocycles. The highest BCUT2D eigenvalue weighted by molar-refractivity contribution is 14.1. The number of halogens is 2. The van der Waals surface area contributed by atoms with Gasteiger partial charge in [0.2, 0.25) is 0 Å². The van der Waals surface area contributed by atoms with E-state index in [1.165, 1.54) is 14.7 Å². The van der Waals surface area contributed by atoms with Gasteiger partial charge in [0.05, 0.1) is 0 Å². The zero-order chi connectivity index (χ0) is 14.4. The van der Waals surface area contributed by atoms with Crippen molar-refractivity contribution in [3.05, 3.63) is 68.3 Å². The lowest BCUT2D eigenvalue weighted by Crippen LogP contribution is -2.22. The third-order valence-corrected chi connectivity index (χ3v) is 4.30. The number of benzene rings is 2. The Morgan fingerprint density at radius 2 is 1.75 bits per heavy atom. The van der Waals surface area contributed by atoms with Crippen LogP contribution in [0.5, 0.6) is 0 Å². The monoisotopic (exact) mass is 399 g/mol. The molecule has 0 aliphatic heterocycles. The smallest absolute Gasteiger partial charge is 0.0408 e. The molecule has 0 radical (unpaired) electrons. The highest BCUT2D eigenvalue weighted by atomic mass is 127. The minimum Gasteiger partial charge on any atom is -0.319 e. The first-order valence-corrected chi connectivity index (χ1v) is 8.26. The van der Waals surface area contributed by atoms with E-state index in [4.69, 9.17) is 11.6 Å². The van der Waals surface area contributed by atoms with Crippen molar-refractivity contribution in [2.75, 3.05) is 13.6 Å². The summed E-state index contributed by atoms with van der Waals surface area (Å²) in [6.07, 6.45) is 2.14. The van der Waals surface area contributed by atoms with Crippen LogP contribution in [0.15, 0.2) is 48.5 Å². The van der Waals surface area contributed by atoms with Crippen molar-refractivity contribution in [2.24, 2.45) is 5.92 Å². The Bertz CT molecular complexity index is 539. The first kappa shape index (κ1) is 15.8. The largest absolute Gasteiger partial charge is 0.319 e. The van der Waals surface area contributed by atoms with Crippen molar-refractivity contribution in [3.63, 3.8) is 0 Å². The molecule has 1 nitrogen and oxygen atoms in total. The van der Waals surface area contributed by atoms with Gasteiger partial charge in [0, 0.05) is 8.59 Å². The van der Waals surface area contributed by atoms with E-state index in [2.05, 4.69) is 64.3 Å². The zero-order valence-corrected chi connectivity index (χ0v) is 14.5. The first-order valence-electron chi connectivity index (χ1n) is 6.81. The van der Waals surface area contributed by atoms with E-state index in [-0.39, 0.29) is 0 Å². The van der Waals surface area contributed by atoms with Crippen LogP contribution in [0.1, 0.15) is 11.1 Å². The molecule has 2 rings (SSSR count). The molecule has 0 aliphatic rings. The highest BCUT2D eigenvalue weighted by Gasteiger charge is 2.10. The maximum atomic E-state index is 6.07. The summed E-state index contributed by atoms with van der Waals surface area (Å²) in [7, 11) is 2.01. The fourth-order valence-corrected chi connectivity index (χ4v) is 3.03. The van der Waals surface area contributed by atoms with E-state index in [1.54, 1.807) is 0 Å². The van der Waals surface area contributed by atoms with Crippen LogP contribution < -0.4 is 5.32 Å². The SMILES string of the molecule is CNCC(Cc1ccc(I)cc1)Cc1cccc(Cl)c1. The number of hydrogen-bond acceptors (Lipinski definition) is 1. The first-order chi connectivity index (χ1) is 9.67. The van der Waals surface area contributed by atoms with Crippen molar-refractivity contribution in [3.8, 4) is 0 Å². The average molecular weight is 400 g/mol. The van der Waals surface area contributed by atoms with Gasteiger partial charge < -0.3 is 5.32 Å². The van der Waals surface area contributed by atoms with Crippen molar-refractivity contribution >= 4 is 34.2 Å². The van der Waals surface area contributed by atoms with E-state index in [0.29, 0.717) is 5.92 Å². The molecule has 0 aromatic heterocycles. The molecule has 0 spiro atoms. The van der Waals surface area contributed by atoms with Crippen molar-refractivity contribution in [1.29, 1.82) is 0 Å². The topological polar surface area (TPSA) is 12.0 Å². The van der Waals surface area contributed by atoms with Crippen LogP contribution in [-0.2, 0) is 12.8 Å². The Kier molecular flexibility index (Phi) is 6.33. The van der Waals surface area contributed by atoms with Crippen molar-refractivity contribution < 1.29 is 0 Å². The van der Waals surface area contributed by atoms with Crippen LogP contribution in [0.3, 0.4) is 0 Å². The molecule has 1 N–H and O–H groups in total. The van der Waals surface area contributed by atoms with Crippen LogP contribution in [0.25, 0.3) is 0 Å². The molecule has 0 saturated heterocycles. The quantitative estimate of drug-likeness (QED) is 0.702. The average Bonchev–Trinajstić information content (AvgIpc) is 2.42. The van der Waals surface area contributed by atoms with E-state index in [9.17, 15) is 0 Å². The summed E-state index contributed by atoms with van der Waals surface area (Å²) in [5.41, 5.74) is 2.70. The predicted molar refractivity (Wildman–Crippen MR) is 95.4 cm³/mol. The van der Waals surface area contributed by atoms with Crippen LogP contribution in [-0.4, -0.2) is 13.6 Å².